The molecule has 6 nitrogen and oxygen atoms in total. The fourth-order valence-corrected chi connectivity index (χ4v) is 3.34. The van der Waals surface area contributed by atoms with Gasteiger partial charge in [0.25, 0.3) is 0 Å². The summed E-state index contributed by atoms with van der Waals surface area (Å²) in [7, 11) is 0. The first-order valence-electron chi connectivity index (χ1n) is 9.16. The number of hydrogen-bond acceptors (Lipinski definition) is 4. The third-order valence-electron chi connectivity index (χ3n) is 5.10. The van der Waals surface area contributed by atoms with Crippen LogP contribution in [0, 0.1) is 13.8 Å². The van der Waals surface area contributed by atoms with Crippen LogP contribution in [0.25, 0.3) is 5.57 Å². The van der Waals surface area contributed by atoms with Crippen LogP contribution in [0.3, 0.4) is 0 Å². The van der Waals surface area contributed by atoms with E-state index >= 15 is 0 Å². The van der Waals surface area contributed by atoms with Crippen LogP contribution in [0.5, 0.6) is 5.75 Å². The summed E-state index contributed by atoms with van der Waals surface area (Å²) in [5.41, 5.74) is 3.93. The standard InChI is InChI=1S/C24H20O6/c1-12-4-5-15(8-13(12)2)21(16-6-7-20(25)18(10-16)23(27)28)17-9-14(3)22(26)19(11-17)24(29)30/h4-11,25H,1-3H3,(H,27,28)(H,29,30). The van der Waals surface area contributed by atoms with E-state index in [-0.39, 0.29) is 22.5 Å². The molecule has 30 heavy (non-hydrogen) atoms. The minimum atomic E-state index is -1.33. The molecule has 1 aliphatic carbocycles. The van der Waals surface area contributed by atoms with Gasteiger partial charge in [-0.3, -0.25) is 4.79 Å². The zero-order valence-corrected chi connectivity index (χ0v) is 16.7. The number of phenols is 1. The number of aromatic hydroxyl groups is 1. The zero-order chi connectivity index (χ0) is 22.2. The lowest BCUT2D eigenvalue weighted by atomic mass is 9.85. The highest BCUT2D eigenvalue weighted by Gasteiger charge is 2.25. The maximum absolute atomic E-state index is 12.2. The molecule has 0 saturated carbocycles. The Balaban J connectivity index is 2.39. The van der Waals surface area contributed by atoms with E-state index in [0.717, 1.165) is 16.7 Å². The Morgan fingerprint density at radius 1 is 0.800 bits per heavy atom. The van der Waals surface area contributed by atoms with Crippen molar-refractivity contribution in [3.8, 4) is 5.75 Å². The summed E-state index contributed by atoms with van der Waals surface area (Å²) in [6.07, 6.45) is 2.89. The summed E-state index contributed by atoms with van der Waals surface area (Å²) < 4.78 is 0. The maximum Gasteiger partial charge on any atom is 0.339 e. The Bertz CT molecular complexity index is 1190. The Kier molecular flexibility index (Phi) is 5.43. The molecule has 0 atom stereocenters. The number of carbonyl (C=O) groups excluding carboxylic acids is 1. The molecule has 0 amide bonds. The number of hydrogen-bond donors (Lipinski definition) is 3. The molecule has 6 heteroatoms. The van der Waals surface area contributed by atoms with Gasteiger partial charge in [-0.1, -0.05) is 24.3 Å². The lowest BCUT2D eigenvalue weighted by Crippen LogP contribution is -2.17. The lowest BCUT2D eigenvalue weighted by molar-refractivity contribution is -0.134. The van der Waals surface area contributed by atoms with E-state index in [1.54, 1.807) is 12.1 Å². The number of rotatable bonds is 4. The molecule has 0 radical (unpaired) electrons. The molecule has 152 valence electrons. The smallest absolute Gasteiger partial charge is 0.339 e. The van der Waals surface area contributed by atoms with Gasteiger partial charge in [0.05, 0.1) is 0 Å². The van der Waals surface area contributed by atoms with Crippen molar-refractivity contribution in [2.45, 2.75) is 20.8 Å². The first-order chi connectivity index (χ1) is 14.1. The second-order valence-electron chi connectivity index (χ2n) is 7.19. The van der Waals surface area contributed by atoms with E-state index in [1.165, 1.54) is 25.1 Å². The molecule has 0 aliphatic heterocycles. The van der Waals surface area contributed by atoms with E-state index in [1.807, 2.05) is 32.0 Å². The van der Waals surface area contributed by atoms with Crippen LogP contribution in [-0.2, 0) is 9.59 Å². The maximum atomic E-state index is 12.2. The van der Waals surface area contributed by atoms with Gasteiger partial charge < -0.3 is 15.3 Å². The van der Waals surface area contributed by atoms with Crippen LogP contribution >= 0.6 is 0 Å². The minimum Gasteiger partial charge on any atom is -0.507 e. The van der Waals surface area contributed by atoms with Crippen molar-refractivity contribution in [2.24, 2.45) is 0 Å². The molecule has 3 N–H and O–H groups in total. The van der Waals surface area contributed by atoms with E-state index < -0.39 is 17.7 Å². The van der Waals surface area contributed by atoms with Crippen LogP contribution in [0.15, 0.2) is 65.3 Å². The number of aromatic carboxylic acids is 1. The average Bonchev–Trinajstić information content (AvgIpc) is 2.68. The van der Waals surface area contributed by atoms with Crippen LogP contribution in [-0.4, -0.2) is 33.0 Å². The van der Waals surface area contributed by atoms with Crippen molar-refractivity contribution >= 4 is 23.3 Å². The van der Waals surface area contributed by atoms with E-state index in [4.69, 9.17) is 0 Å². The highest BCUT2D eigenvalue weighted by atomic mass is 16.4. The van der Waals surface area contributed by atoms with Crippen LogP contribution in [0.4, 0.5) is 0 Å². The average molecular weight is 404 g/mol. The van der Waals surface area contributed by atoms with Crippen LogP contribution < -0.4 is 0 Å². The third kappa shape index (κ3) is 3.80. The predicted molar refractivity (Wildman–Crippen MR) is 111 cm³/mol. The number of aliphatic carboxylic acids is 1. The zero-order valence-electron chi connectivity index (χ0n) is 16.7. The molecule has 2 aromatic rings. The number of aryl methyl sites for hydroxylation is 2. The molecule has 0 saturated heterocycles. The van der Waals surface area contributed by atoms with Gasteiger partial charge in [0.15, 0.2) is 5.78 Å². The van der Waals surface area contributed by atoms with Gasteiger partial charge in [0.1, 0.15) is 16.9 Å². The molecule has 3 rings (SSSR count). The van der Waals surface area contributed by atoms with Crippen molar-refractivity contribution in [1.82, 2.24) is 0 Å². The van der Waals surface area contributed by atoms with Crippen molar-refractivity contribution in [2.75, 3.05) is 0 Å². The van der Waals surface area contributed by atoms with Crippen LogP contribution in [0.1, 0.15) is 39.5 Å². The third-order valence-corrected chi connectivity index (χ3v) is 5.10. The first kappa shape index (κ1) is 20.8. The minimum absolute atomic E-state index is 0.267. The first-order valence-corrected chi connectivity index (χ1v) is 9.16. The van der Waals surface area contributed by atoms with Gasteiger partial charge in [0.2, 0.25) is 0 Å². The number of carbonyl (C=O) groups is 3. The molecule has 0 bridgehead atoms. The van der Waals surface area contributed by atoms with Gasteiger partial charge in [-0.15, -0.1) is 0 Å². The van der Waals surface area contributed by atoms with Gasteiger partial charge in [0, 0.05) is 0 Å². The number of benzene rings is 2. The highest BCUT2D eigenvalue weighted by Crippen LogP contribution is 2.34. The fraction of sp³-hybridized carbons (Fsp3) is 0.125. The van der Waals surface area contributed by atoms with Gasteiger partial charge >= 0.3 is 11.9 Å². The summed E-state index contributed by atoms with van der Waals surface area (Å²) >= 11 is 0. The van der Waals surface area contributed by atoms with Gasteiger partial charge in [-0.05, 0) is 84.0 Å². The Hall–Kier alpha value is -3.93. The van der Waals surface area contributed by atoms with E-state index in [9.17, 15) is 29.7 Å². The number of allylic oxidation sites excluding steroid dienone is 4. The Labute approximate surface area is 173 Å². The summed E-state index contributed by atoms with van der Waals surface area (Å²) in [6.45, 7) is 5.43. The van der Waals surface area contributed by atoms with Gasteiger partial charge in [-0.2, -0.15) is 0 Å². The molecule has 2 aromatic carbocycles. The summed E-state index contributed by atoms with van der Waals surface area (Å²) in [6, 6.07) is 9.86. The number of Topliss-reactive ketones (excluding diaryl/α,β-unsaturated/α-hetero) is 1. The van der Waals surface area contributed by atoms with E-state index in [2.05, 4.69) is 0 Å². The Morgan fingerprint density at radius 2 is 1.43 bits per heavy atom. The van der Waals surface area contributed by atoms with Crippen molar-refractivity contribution < 1.29 is 29.7 Å². The normalized spacial score (nSPS) is 15.4. The van der Waals surface area contributed by atoms with Crippen molar-refractivity contribution in [3.63, 3.8) is 0 Å². The quantitative estimate of drug-likeness (QED) is 0.663. The monoisotopic (exact) mass is 404 g/mol. The van der Waals surface area contributed by atoms with Crippen molar-refractivity contribution in [3.05, 3.63) is 93.1 Å². The fourth-order valence-electron chi connectivity index (χ4n) is 3.34. The highest BCUT2D eigenvalue weighted by molar-refractivity contribution is 6.25. The molecule has 1 aliphatic rings. The molecule has 0 fully saturated rings. The predicted octanol–water partition coefficient (Wildman–Crippen LogP) is 4.05. The number of ketones is 1. The lowest BCUT2D eigenvalue weighted by Gasteiger charge is -2.18. The molecular weight excluding hydrogens is 384 g/mol. The van der Waals surface area contributed by atoms with E-state index in [0.29, 0.717) is 16.7 Å². The second-order valence-corrected chi connectivity index (χ2v) is 7.19. The summed E-state index contributed by atoms with van der Waals surface area (Å²) in [5.74, 6) is -3.56. The molecule has 0 spiro atoms. The van der Waals surface area contributed by atoms with Crippen molar-refractivity contribution in [1.29, 1.82) is 0 Å². The van der Waals surface area contributed by atoms with Gasteiger partial charge in [-0.25, -0.2) is 9.59 Å². The molecular formula is C24H20O6. The second kappa shape index (κ2) is 7.83. The molecule has 0 unspecified atom stereocenters. The number of carboxylic acids is 2. The largest absolute Gasteiger partial charge is 0.507 e. The summed E-state index contributed by atoms with van der Waals surface area (Å²) in [5, 5.41) is 28.8. The van der Waals surface area contributed by atoms with Crippen LogP contribution in [0.2, 0.25) is 0 Å². The topological polar surface area (TPSA) is 112 Å². The number of carboxylic acid groups (broad SMARTS) is 2. The summed E-state index contributed by atoms with van der Waals surface area (Å²) in [4.78, 5) is 35.4. The molecule has 0 aromatic heterocycles. The molecule has 0 heterocycles. The Morgan fingerprint density at radius 3 is 2.03 bits per heavy atom. The SMILES string of the molecule is CC1=CC(=C(c2ccc(C)c(C)c2)c2ccc(O)c(C(=O)O)c2)C=C(C(=O)O)C1=O.